The Hall–Kier alpha value is -2.01. The number of likely N-dealkylation sites (tertiary alicyclic amines) is 1. The Morgan fingerprint density at radius 3 is 2.56 bits per heavy atom. The van der Waals surface area contributed by atoms with Crippen molar-refractivity contribution in [3.05, 3.63) is 63.1 Å². The second-order valence-electron chi connectivity index (χ2n) is 9.91. The minimum atomic E-state index is -0.450. The third-order valence-corrected chi connectivity index (χ3v) is 7.19. The van der Waals surface area contributed by atoms with Crippen molar-refractivity contribution < 1.29 is 14.3 Å². The van der Waals surface area contributed by atoms with Gasteiger partial charge in [-0.25, -0.2) is 4.79 Å². The zero-order valence-electron chi connectivity index (χ0n) is 19.6. The smallest absolute Gasteiger partial charge is 0.410 e. The van der Waals surface area contributed by atoms with Crippen molar-refractivity contribution in [2.75, 3.05) is 13.1 Å². The van der Waals surface area contributed by atoms with Gasteiger partial charge < -0.3 is 14.4 Å². The van der Waals surface area contributed by atoms with Crippen molar-refractivity contribution in [3.63, 3.8) is 0 Å². The summed E-state index contributed by atoms with van der Waals surface area (Å²) in [6.45, 7) is 9.44. The highest BCUT2D eigenvalue weighted by Crippen LogP contribution is 2.40. The first-order valence-corrected chi connectivity index (χ1v) is 12.6. The number of rotatable bonds is 4. The molecular weight excluding hydrogens is 466 g/mol. The number of piperidine rings is 1. The number of ether oxygens (including phenoxy) is 2. The third kappa shape index (κ3) is 5.14. The van der Waals surface area contributed by atoms with Gasteiger partial charge in [0.05, 0.1) is 0 Å². The molecule has 1 saturated heterocycles. The van der Waals surface area contributed by atoms with Crippen LogP contribution in [0.5, 0.6) is 5.75 Å². The van der Waals surface area contributed by atoms with E-state index in [2.05, 4.69) is 59.3 Å². The summed E-state index contributed by atoms with van der Waals surface area (Å²) in [5.74, 6) is 1.42. The second-order valence-corrected chi connectivity index (χ2v) is 10.8. The predicted octanol–water partition coefficient (Wildman–Crippen LogP) is 7.19. The molecule has 0 radical (unpaired) electrons. The molecule has 0 aromatic heterocycles. The highest BCUT2D eigenvalue weighted by atomic mass is 79.9. The Balaban J connectivity index is 1.43. The number of amides is 1. The number of aryl methyl sites for hydroxylation is 2. The van der Waals surface area contributed by atoms with Crippen LogP contribution in [0.1, 0.15) is 81.2 Å². The van der Waals surface area contributed by atoms with Crippen molar-refractivity contribution >= 4 is 22.0 Å². The lowest BCUT2D eigenvalue weighted by molar-refractivity contribution is 0.0204. The van der Waals surface area contributed by atoms with Gasteiger partial charge in [-0.1, -0.05) is 41.1 Å². The number of nitrogens with zero attached hydrogens (tertiary/aromatic N) is 1. The van der Waals surface area contributed by atoms with Gasteiger partial charge in [0, 0.05) is 23.1 Å². The summed E-state index contributed by atoms with van der Waals surface area (Å²) in [5, 5.41) is 0. The maximum absolute atomic E-state index is 12.4. The average Bonchev–Trinajstić information content (AvgIpc) is 3.16. The maximum atomic E-state index is 12.4. The fraction of sp³-hybridized carbons (Fsp3) is 0.519. The molecule has 4 nitrogen and oxygen atoms in total. The predicted molar refractivity (Wildman–Crippen MR) is 131 cm³/mol. The number of carbonyl (C=O) groups is 1. The molecule has 0 bridgehead atoms. The van der Waals surface area contributed by atoms with Gasteiger partial charge in [-0.15, -0.1) is 0 Å². The minimum absolute atomic E-state index is 0.105. The molecule has 2 aromatic carbocycles. The van der Waals surface area contributed by atoms with E-state index in [0.717, 1.165) is 55.4 Å². The summed E-state index contributed by atoms with van der Waals surface area (Å²) in [7, 11) is 0. The quantitative estimate of drug-likeness (QED) is 0.446. The summed E-state index contributed by atoms with van der Waals surface area (Å²) < 4.78 is 13.1. The lowest BCUT2D eigenvalue weighted by atomic mass is 9.86. The first kappa shape index (κ1) is 23.2. The van der Waals surface area contributed by atoms with Crippen LogP contribution in [0, 0.1) is 0 Å². The van der Waals surface area contributed by atoms with E-state index < -0.39 is 5.60 Å². The molecule has 5 heteroatoms. The Bertz CT molecular complexity index is 973. The molecule has 2 aromatic rings. The lowest BCUT2D eigenvalue weighted by Gasteiger charge is -2.34. The van der Waals surface area contributed by atoms with E-state index in [-0.39, 0.29) is 12.2 Å². The minimum Gasteiger partial charge on any atom is -0.486 e. The van der Waals surface area contributed by atoms with Gasteiger partial charge in [-0.3, -0.25) is 0 Å². The van der Waals surface area contributed by atoms with E-state index in [0.29, 0.717) is 5.92 Å². The summed E-state index contributed by atoms with van der Waals surface area (Å²) >= 11 is 3.71. The van der Waals surface area contributed by atoms with Gasteiger partial charge >= 0.3 is 6.09 Å². The van der Waals surface area contributed by atoms with Gasteiger partial charge in [0.1, 0.15) is 17.5 Å². The van der Waals surface area contributed by atoms with Crippen LogP contribution in [0.2, 0.25) is 0 Å². The number of halogens is 1. The number of benzene rings is 2. The van der Waals surface area contributed by atoms with Crippen molar-refractivity contribution in [1.82, 2.24) is 4.90 Å². The molecule has 1 unspecified atom stereocenters. The van der Waals surface area contributed by atoms with Crippen LogP contribution in [0.25, 0.3) is 0 Å². The van der Waals surface area contributed by atoms with Gasteiger partial charge in [0.25, 0.3) is 0 Å². The molecule has 172 valence electrons. The number of hydrogen-bond donors (Lipinski definition) is 0. The van der Waals surface area contributed by atoms with Crippen molar-refractivity contribution in [2.45, 2.75) is 77.4 Å². The fourth-order valence-corrected chi connectivity index (χ4v) is 5.60. The zero-order valence-corrected chi connectivity index (χ0v) is 21.2. The Morgan fingerprint density at radius 2 is 1.88 bits per heavy atom. The maximum Gasteiger partial charge on any atom is 0.410 e. The average molecular weight is 500 g/mol. The summed E-state index contributed by atoms with van der Waals surface area (Å²) in [6.07, 6.45) is 4.90. The fourth-order valence-electron chi connectivity index (χ4n) is 4.93. The Morgan fingerprint density at radius 1 is 1.12 bits per heavy atom. The van der Waals surface area contributed by atoms with E-state index in [1.54, 1.807) is 0 Å². The highest BCUT2D eigenvalue weighted by Gasteiger charge is 2.29. The standard InChI is InChI=1S/C27H34BrNO3/c1-5-18-17-21(31-24-12-9-20-7-6-8-23(28)25(20)24)10-11-22(18)19-13-15-29(16-14-19)26(30)32-27(2,3)4/h6-8,10-11,17,19,24H,5,9,12-16H2,1-4H3. The Kier molecular flexibility index (Phi) is 6.85. The molecule has 1 aliphatic heterocycles. The molecule has 32 heavy (non-hydrogen) atoms. The molecule has 4 rings (SSSR count). The van der Waals surface area contributed by atoms with Crippen LogP contribution in [-0.4, -0.2) is 29.7 Å². The van der Waals surface area contributed by atoms with Gasteiger partial charge in [-0.2, -0.15) is 0 Å². The molecule has 1 amide bonds. The topological polar surface area (TPSA) is 38.8 Å². The van der Waals surface area contributed by atoms with Gasteiger partial charge in [0.2, 0.25) is 0 Å². The van der Waals surface area contributed by atoms with E-state index in [1.165, 1.54) is 22.3 Å². The van der Waals surface area contributed by atoms with Crippen molar-refractivity contribution in [1.29, 1.82) is 0 Å². The molecule has 1 fully saturated rings. The number of carbonyl (C=O) groups excluding carboxylic acids is 1. The molecule has 1 aliphatic carbocycles. The van der Waals surface area contributed by atoms with Crippen LogP contribution in [0.15, 0.2) is 40.9 Å². The molecule has 0 N–H and O–H groups in total. The van der Waals surface area contributed by atoms with Crippen LogP contribution in [0.4, 0.5) is 4.79 Å². The van der Waals surface area contributed by atoms with Crippen LogP contribution in [-0.2, 0) is 17.6 Å². The van der Waals surface area contributed by atoms with E-state index in [4.69, 9.17) is 9.47 Å². The first-order chi connectivity index (χ1) is 15.2. The van der Waals surface area contributed by atoms with Crippen LogP contribution < -0.4 is 4.74 Å². The van der Waals surface area contributed by atoms with Crippen molar-refractivity contribution in [2.24, 2.45) is 0 Å². The normalized spacial score (nSPS) is 19.0. The number of fused-ring (bicyclic) bond motifs is 1. The molecular formula is C27H34BrNO3. The zero-order chi connectivity index (χ0) is 22.9. The molecule has 1 heterocycles. The summed E-state index contributed by atoms with van der Waals surface area (Å²) in [5.41, 5.74) is 4.98. The summed E-state index contributed by atoms with van der Waals surface area (Å²) in [4.78, 5) is 14.2. The Labute approximate surface area is 200 Å². The highest BCUT2D eigenvalue weighted by molar-refractivity contribution is 9.10. The second kappa shape index (κ2) is 9.46. The lowest BCUT2D eigenvalue weighted by Crippen LogP contribution is -2.41. The first-order valence-electron chi connectivity index (χ1n) is 11.8. The van der Waals surface area contributed by atoms with Gasteiger partial charge in [-0.05, 0) is 93.7 Å². The third-order valence-electron chi connectivity index (χ3n) is 6.50. The molecule has 0 spiro atoms. The van der Waals surface area contributed by atoms with Crippen LogP contribution >= 0.6 is 15.9 Å². The van der Waals surface area contributed by atoms with E-state index in [9.17, 15) is 4.79 Å². The monoisotopic (exact) mass is 499 g/mol. The van der Waals surface area contributed by atoms with E-state index >= 15 is 0 Å². The molecule has 2 aliphatic rings. The van der Waals surface area contributed by atoms with Crippen LogP contribution in [0.3, 0.4) is 0 Å². The summed E-state index contributed by atoms with van der Waals surface area (Å²) in [6, 6.07) is 13.0. The SMILES string of the molecule is CCc1cc(OC2CCc3cccc(Br)c32)ccc1C1CCN(C(=O)OC(C)(C)C)CC1. The largest absolute Gasteiger partial charge is 0.486 e. The number of hydrogen-bond acceptors (Lipinski definition) is 3. The van der Waals surface area contributed by atoms with E-state index in [1.807, 2.05) is 25.7 Å². The molecule has 0 saturated carbocycles. The van der Waals surface area contributed by atoms with Crippen molar-refractivity contribution in [3.8, 4) is 5.75 Å². The molecule has 1 atom stereocenters. The van der Waals surface area contributed by atoms with Gasteiger partial charge in [0.15, 0.2) is 0 Å².